The fourth-order valence-electron chi connectivity index (χ4n) is 1.12. The third kappa shape index (κ3) is 5.93. The number of ether oxygens (including phenoxy) is 1. The molecule has 2 unspecified atom stereocenters. The minimum atomic E-state index is -0.489. The number of methoxy groups -OCH3 is 1. The number of carbonyl (C=O) groups is 1. The monoisotopic (exact) mass is 205 g/mol. The first-order valence-electron chi connectivity index (χ1n) is 4.63. The van der Waals surface area contributed by atoms with Gasteiger partial charge in [-0.05, 0) is 19.3 Å². The zero-order valence-corrected chi connectivity index (χ0v) is 9.22. The summed E-state index contributed by atoms with van der Waals surface area (Å²) in [5.41, 5.74) is 5.56. The van der Waals surface area contributed by atoms with Crippen LogP contribution in [0.4, 0.5) is 0 Å². The molecule has 0 aliphatic rings. The molecule has 0 bridgehead atoms. The van der Waals surface area contributed by atoms with Gasteiger partial charge < -0.3 is 10.5 Å². The van der Waals surface area contributed by atoms with Crippen molar-refractivity contribution in [1.82, 2.24) is 0 Å². The summed E-state index contributed by atoms with van der Waals surface area (Å²) in [5.74, 6) is -0.336. The molecule has 0 aromatic heterocycles. The summed E-state index contributed by atoms with van der Waals surface area (Å²) in [7, 11) is 1.35. The number of nitrogens with two attached hydrogens (primary N) is 1. The number of carbonyl (C=O) groups excluding carboxylic acids is 1. The van der Waals surface area contributed by atoms with E-state index in [1.165, 1.54) is 7.11 Å². The summed E-state index contributed by atoms with van der Waals surface area (Å²) in [4.78, 5) is 10.9. The summed E-state index contributed by atoms with van der Waals surface area (Å²) in [6, 6.07) is -0.489. The molecule has 0 aliphatic heterocycles. The molecule has 78 valence electrons. The zero-order chi connectivity index (χ0) is 10.3. The molecule has 0 aliphatic carbocycles. The summed E-state index contributed by atoms with van der Waals surface area (Å²) < 4.78 is 4.52. The number of hydrogen-bond acceptors (Lipinski definition) is 4. The predicted molar refractivity (Wildman–Crippen MR) is 56.9 cm³/mol. The predicted octanol–water partition coefficient (Wildman–Crippen LogP) is 1.37. The summed E-state index contributed by atoms with van der Waals surface area (Å²) in [6.45, 7) is 2.11. The van der Waals surface area contributed by atoms with Crippen molar-refractivity contribution in [3.05, 3.63) is 0 Å². The Morgan fingerprint density at radius 2 is 2.08 bits per heavy atom. The molecule has 0 spiro atoms. The highest BCUT2D eigenvalue weighted by Gasteiger charge is 2.14. The van der Waals surface area contributed by atoms with Gasteiger partial charge in [0.1, 0.15) is 6.04 Å². The van der Waals surface area contributed by atoms with Gasteiger partial charge in [-0.15, -0.1) is 0 Å². The zero-order valence-electron chi connectivity index (χ0n) is 8.32. The third-order valence-corrected chi connectivity index (χ3v) is 2.45. The van der Waals surface area contributed by atoms with E-state index in [9.17, 15) is 4.79 Å². The molecule has 13 heavy (non-hydrogen) atoms. The van der Waals surface area contributed by atoms with Crippen molar-refractivity contribution in [2.24, 2.45) is 5.73 Å². The number of rotatable bonds is 6. The average molecular weight is 205 g/mol. The maximum Gasteiger partial charge on any atom is 0.322 e. The van der Waals surface area contributed by atoms with Gasteiger partial charge in [-0.25, -0.2) is 0 Å². The molecule has 0 radical (unpaired) electrons. The van der Waals surface area contributed by atoms with Crippen LogP contribution in [0.1, 0.15) is 32.6 Å². The van der Waals surface area contributed by atoms with Gasteiger partial charge in [0.2, 0.25) is 0 Å². The summed E-state index contributed by atoms with van der Waals surface area (Å²) >= 11 is 4.37. The molecule has 2 N–H and O–H groups in total. The maximum atomic E-state index is 10.9. The van der Waals surface area contributed by atoms with Crippen LogP contribution in [0, 0.1) is 0 Å². The van der Waals surface area contributed by atoms with E-state index in [1.807, 2.05) is 0 Å². The lowest BCUT2D eigenvalue weighted by Crippen LogP contribution is -2.32. The summed E-state index contributed by atoms with van der Waals surface area (Å²) in [6.07, 6.45) is 3.70. The van der Waals surface area contributed by atoms with E-state index in [2.05, 4.69) is 24.3 Å². The standard InChI is InChI=1S/C9H19NO2S/c1-3-4-7(13)5-6-8(10)9(11)12-2/h7-8,13H,3-6,10H2,1-2H3. The molecule has 0 heterocycles. The molecule has 0 rings (SSSR count). The van der Waals surface area contributed by atoms with Crippen LogP contribution in [0.3, 0.4) is 0 Å². The van der Waals surface area contributed by atoms with Crippen LogP contribution in [-0.2, 0) is 9.53 Å². The molecule has 4 heteroatoms. The van der Waals surface area contributed by atoms with Crippen LogP contribution in [-0.4, -0.2) is 24.4 Å². The van der Waals surface area contributed by atoms with Gasteiger partial charge in [0.05, 0.1) is 7.11 Å². The van der Waals surface area contributed by atoms with Gasteiger partial charge in [0.15, 0.2) is 0 Å². The number of thiol groups is 1. The smallest absolute Gasteiger partial charge is 0.322 e. The molecule has 0 aromatic carbocycles. The van der Waals surface area contributed by atoms with E-state index in [4.69, 9.17) is 5.73 Å². The molecule has 0 amide bonds. The molecule has 3 nitrogen and oxygen atoms in total. The first-order chi connectivity index (χ1) is 6.11. The largest absolute Gasteiger partial charge is 0.468 e. The van der Waals surface area contributed by atoms with E-state index in [0.717, 1.165) is 19.3 Å². The quantitative estimate of drug-likeness (QED) is 0.508. The lowest BCUT2D eigenvalue weighted by atomic mass is 10.1. The Hall–Kier alpha value is -0.220. The number of esters is 1. The van der Waals surface area contributed by atoms with Crippen LogP contribution >= 0.6 is 12.6 Å². The number of hydrogen-bond donors (Lipinski definition) is 2. The molecule has 2 atom stereocenters. The van der Waals surface area contributed by atoms with E-state index >= 15 is 0 Å². The first kappa shape index (κ1) is 12.8. The Balaban J connectivity index is 3.56. The molecule has 0 saturated carbocycles. The van der Waals surface area contributed by atoms with Gasteiger partial charge in [-0.1, -0.05) is 13.3 Å². The molecule has 0 fully saturated rings. The highest BCUT2D eigenvalue weighted by molar-refractivity contribution is 7.80. The van der Waals surface area contributed by atoms with Crippen molar-refractivity contribution in [1.29, 1.82) is 0 Å². The van der Waals surface area contributed by atoms with Crippen LogP contribution in [0.5, 0.6) is 0 Å². The van der Waals surface area contributed by atoms with Gasteiger partial charge in [0.25, 0.3) is 0 Å². The van der Waals surface area contributed by atoms with E-state index in [0.29, 0.717) is 11.7 Å². The second-order valence-electron chi connectivity index (χ2n) is 3.15. The maximum absolute atomic E-state index is 10.9. The Morgan fingerprint density at radius 1 is 1.46 bits per heavy atom. The van der Waals surface area contributed by atoms with Gasteiger partial charge in [-0.3, -0.25) is 4.79 Å². The van der Waals surface area contributed by atoms with Crippen molar-refractivity contribution in [3.63, 3.8) is 0 Å². The Kier molecular flexibility index (Phi) is 7.09. The van der Waals surface area contributed by atoms with E-state index in [1.54, 1.807) is 0 Å². The van der Waals surface area contributed by atoms with Crippen molar-refractivity contribution < 1.29 is 9.53 Å². The Bertz CT molecular complexity index is 153. The SMILES string of the molecule is CCCC(S)CCC(N)C(=O)OC. The summed E-state index contributed by atoms with van der Waals surface area (Å²) in [5, 5.41) is 0.348. The van der Waals surface area contributed by atoms with Crippen molar-refractivity contribution in [3.8, 4) is 0 Å². The fourth-order valence-corrected chi connectivity index (χ4v) is 1.53. The minimum Gasteiger partial charge on any atom is -0.468 e. The van der Waals surface area contributed by atoms with Crippen LogP contribution < -0.4 is 5.73 Å². The lowest BCUT2D eigenvalue weighted by molar-refractivity contribution is -0.142. The second-order valence-corrected chi connectivity index (χ2v) is 3.88. The van der Waals surface area contributed by atoms with Crippen LogP contribution in [0.15, 0.2) is 0 Å². The van der Waals surface area contributed by atoms with Gasteiger partial charge in [-0.2, -0.15) is 12.6 Å². The van der Waals surface area contributed by atoms with Crippen molar-refractivity contribution >= 4 is 18.6 Å². The highest BCUT2D eigenvalue weighted by atomic mass is 32.1. The molecule has 0 saturated heterocycles. The van der Waals surface area contributed by atoms with Crippen LogP contribution in [0.25, 0.3) is 0 Å². The Morgan fingerprint density at radius 3 is 2.54 bits per heavy atom. The first-order valence-corrected chi connectivity index (χ1v) is 5.14. The normalized spacial score (nSPS) is 15.1. The Labute approximate surface area is 85.4 Å². The topological polar surface area (TPSA) is 52.3 Å². The van der Waals surface area contributed by atoms with Gasteiger partial charge in [0, 0.05) is 5.25 Å². The fraction of sp³-hybridized carbons (Fsp3) is 0.889. The van der Waals surface area contributed by atoms with Crippen molar-refractivity contribution in [2.75, 3.05) is 7.11 Å². The van der Waals surface area contributed by atoms with Gasteiger partial charge >= 0.3 is 5.97 Å². The molecule has 0 aromatic rings. The molecular weight excluding hydrogens is 186 g/mol. The average Bonchev–Trinajstić information content (AvgIpc) is 2.13. The minimum absolute atomic E-state index is 0.336. The third-order valence-electron chi connectivity index (χ3n) is 1.94. The highest BCUT2D eigenvalue weighted by Crippen LogP contribution is 2.12. The lowest BCUT2D eigenvalue weighted by Gasteiger charge is -2.12. The van der Waals surface area contributed by atoms with E-state index in [-0.39, 0.29) is 5.97 Å². The van der Waals surface area contributed by atoms with Crippen molar-refractivity contribution in [2.45, 2.75) is 43.9 Å². The van der Waals surface area contributed by atoms with Crippen LogP contribution in [0.2, 0.25) is 0 Å². The molecular formula is C9H19NO2S. The second kappa shape index (κ2) is 7.21. The van der Waals surface area contributed by atoms with E-state index < -0.39 is 6.04 Å².